The molecule has 0 atom stereocenters. The van der Waals surface area contributed by atoms with E-state index in [0.717, 1.165) is 6.54 Å². The first kappa shape index (κ1) is 14.0. The van der Waals surface area contributed by atoms with Crippen LogP contribution in [0.1, 0.15) is 13.3 Å². The Hall–Kier alpha value is -0.0600. The molecule has 1 nitrogen and oxygen atoms in total. The second-order valence-electron chi connectivity index (χ2n) is 3.31. The van der Waals surface area contributed by atoms with Crippen molar-refractivity contribution in [3.63, 3.8) is 0 Å². The quantitative estimate of drug-likeness (QED) is 0.547. The van der Waals surface area contributed by atoms with Crippen LogP contribution in [-0.4, -0.2) is 0 Å². The predicted octanol–water partition coefficient (Wildman–Crippen LogP) is 0.920. The molecule has 1 heterocycles. The van der Waals surface area contributed by atoms with Gasteiger partial charge in [0.1, 0.15) is 6.54 Å². The van der Waals surface area contributed by atoms with Crippen molar-refractivity contribution in [2.45, 2.75) is 19.9 Å². The second-order valence-corrected chi connectivity index (χ2v) is 6.52. The Labute approximate surface area is 114 Å². The summed E-state index contributed by atoms with van der Waals surface area (Å²) in [6.45, 7) is 3.30. The van der Waals surface area contributed by atoms with Gasteiger partial charge in [-0.15, -0.1) is 0 Å². The topological polar surface area (TPSA) is 3.88 Å². The molecule has 0 saturated heterocycles. The molecule has 0 unspecified atom stereocenters. The molecule has 0 radical (unpaired) electrons. The van der Waals surface area contributed by atoms with Crippen molar-refractivity contribution in [1.29, 1.82) is 0 Å². The van der Waals surface area contributed by atoms with E-state index < -0.39 is 18.9 Å². The van der Waals surface area contributed by atoms with Crippen molar-refractivity contribution >= 4 is 28.7 Å². The van der Waals surface area contributed by atoms with E-state index in [1.165, 1.54) is 17.3 Å². The third-order valence-electron chi connectivity index (χ3n) is 2.25. The molecule has 16 heavy (non-hydrogen) atoms. The summed E-state index contributed by atoms with van der Waals surface area (Å²) in [6.07, 6.45) is 3.32. The standard InChI is InChI=1S/C12H14N.Cl2I/c1-2-9-13-10-5-7-11-6-3-4-8-12(11)13;1-3-2/h3-8,10H,2,9H2,1H3;/q+1;-1. The Balaban J connectivity index is 0.000000386. The van der Waals surface area contributed by atoms with E-state index in [0.29, 0.717) is 0 Å². The Morgan fingerprint density at radius 1 is 1.12 bits per heavy atom. The van der Waals surface area contributed by atoms with Crippen LogP contribution >= 0.6 is 17.8 Å². The van der Waals surface area contributed by atoms with Gasteiger partial charge >= 0.3 is 36.8 Å². The summed E-state index contributed by atoms with van der Waals surface area (Å²) < 4.78 is 2.30. The van der Waals surface area contributed by atoms with Gasteiger partial charge in [0.05, 0.1) is 0 Å². The van der Waals surface area contributed by atoms with Crippen molar-refractivity contribution in [1.82, 2.24) is 0 Å². The Morgan fingerprint density at radius 3 is 2.44 bits per heavy atom. The zero-order valence-electron chi connectivity index (χ0n) is 9.04. The zero-order chi connectivity index (χ0) is 11.8. The molecule has 0 fully saturated rings. The first-order chi connectivity index (χ1) is 7.83. The number of aromatic nitrogens is 1. The molecule has 0 bridgehead atoms. The molecule has 2 aromatic rings. The van der Waals surface area contributed by atoms with Gasteiger partial charge in [0.2, 0.25) is 5.52 Å². The fourth-order valence-electron chi connectivity index (χ4n) is 1.66. The normalized spacial score (nSPS) is 9.94. The Bertz CT molecular complexity index is 429. The number of aryl methyl sites for hydroxylation is 1. The summed E-state index contributed by atoms with van der Waals surface area (Å²) >= 11 is -0.466. The summed E-state index contributed by atoms with van der Waals surface area (Å²) in [5.41, 5.74) is 1.33. The van der Waals surface area contributed by atoms with Crippen molar-refractivity contribution in [2.75, 3.05) is 0 Å². The van der Waals surface area contributed by atoms with Crippen LogP contribution in [0.2, 0.25) is 0 Å². The number of nitrogens with zero attached hydrogens (tertiary/aromatic N) is 1. The number of rotatable bonds is 2. The van der Waals surface area contributed by atoms with Crippen molar-refractivity contribution in [2.24, 2.45) is 0 Å². The number of para-hydroxylation sites is 1. The summed E-state index contributed by atoms with van der Waals surface area (Å²) in [6, 6.07) is 12.8. The average Bonchev–Trinajstić information content (AvgIpc) is 2.31. The summed E-state index contributed by atoms with van der Waals surface area (Å²) in [5, 5.41) is 1.32. The molecule has 88 valence electrons. The maximum atomic E-state index is 4.87. The molecular weight excluding hydrogens is 356 g/mol. The average molecular weight is 370 g/mol. The van der Waals surface area contributed by atoms with Crippen LogP contribution in [0.4, 0.5) is 0 Å². The summed E-state index contributed by atoms with van der Waals surface area (Å²) in [5.74, 6) is 0. The van der Waals surface area contributed by atoms with Crippen LogP contribution in [0.25, 0.3) is 10.9 Å². The number of hydrogen-bond acceptors (Lipinski definition) is 0. The molecule has 0 spiro atoms. The number of fused-ring (bicyclic) bond motifs is 1. The first-order valence-corrected chi connectivity index (χ1v) is 10.5. The first-order valence-electron chi connectivity index (χ1n) is 5.07. The van der Waals surface area contributed by atoms with Gasteiger partial charge in [0.15, 0.2) is 6.20 Å². The van der Waals surface area contributed by atoms with Crippen molar-refractivity contribution < 1.29 is 23.5 Å². The molecule has 0 aliphatic rings. The molecule has 1 aromatic carbocycles. The predicted molar refractivity (Wildman–Crippen MR) is 66.1 cm³/mol. The minimum absolute atomic E-state index is 0.466. The maximum absolute atomic E-state index is 4.87. The van der Waals surface area contributed by atoms with E-state index >= 15 is 0 Å². The van der Waals surface area contributed by atoms with Gasteiger partial charge in [-0.3, -0.25) is 0 Å². The van der Waals surface area contributed by atoms with Gasteiger partial charge in [-0.25, -0.2) is 0 Å². The SMILES string of the molecule is CCC[n+]1cccc2ccccc21.Cl[I-]Cl. The molecule has 4 heteroatoms. The van der Waals surface area contributed by atoms with Crippen LogP contribution in [0.15, 0.2) is 42.6 Å². The van der Waals surface area contributed by atoms with E-state index in [2.05, 4.69) is 54.1 Å². The summed E-state index contributed by atoms with van der Waals surface area (Å²) in [7, 11) is 9.75. The van der Waals surface area contributed by atoms with Crippen LogP contribution in [-0.2, 0) is 6.54 Å². The molecule has 0 aliphatic heterocycles. The minimum atomic E-state index is -0.466. The van der Waals surface area contributed by atoms with Gasteiger partial charge in [-0.2, -0.15) is 4.57 Å². The van der Waals surface area contributed by atoms with Crippen LogP contribution < -0.4 is 23.5 Å². The number of pyridine rings is 1. The van der Waals surface area contributed by atoms with Crippen LogP contribution in [0.5, 0.6) is 0 Å². The molecule has 0 saturated carbocycles. The molecule has 2 rings (SSSR count). The fraction of sp³-hybridized carbons (Fsp3) is 0.250. The second kappa shape index (κ2) is 8.09. The molecular formula is C12H14Cl2IN. The number of hydrogen-bond donors (Lipinski definition) is 0. The third-order valence-corrected chi connectivity index (χ3v) is 2.25. The third kappa shape index (κ3) is 4.07. The Morgan fingerprint density at radius 2 is 1.75 bits per heavy atom. The van der Waals surface area contributed by atoms with Gasteiger partial charge in [0, 0.05) is 23.9 Å². The van der Waals surface area contributed by atoms with Gasteiger partial charge < -0.3 is 0 Å². The van der Waals surface area contributed by atoms with Crippen LogP contribution in [0, 0.1) is 0 Å². The van der Waals surface area contributed by atoms with Gasteiger partial charge in [-0.05, 0) is 12.1 Å². The van der Waals surface area contributed by atoms with E-state index in [1.54, 1.807) is 0 Å². The van der Waals surface area contributed by atoms with Crippen molar-refractivity contribution in [3.05, 3.63) is 42.6 Å². The monoisotopic (exact) mass is 369 g/mol. The Kier molecular flexibility index (Phi) is 7.08. The van der Waals surface area contributed by atoms with Crippen molar-refractivity contribution in [3.8, 4) is 0 Å². The molecule has 0 amide bonds. The number of halogens is 3. The number of benzene rings is 1. The molecule has 0 N–H and O–H groups in total. The fourth-order valence-corrected chi connectivity index (χ4v) is 1.66. The summed E-state index contributed by atoms with van der Waals surface area (Å²) in [4.78, 5) is 0. The van der Waals surface area contributed by atoms with Crippen LogP contribution in [0.3, 0.4) is 0 Å². The van der Waals surface area contributed by atoms with Gasteiger partial charge in [0.25, 0.3) is 0 Å². The zero-order valence-corrected chi connectivity index (χ0v) is 12.7. The van der Waals surface area contributed by atoms with Gasteiger partial charge in [-0.1, -0.05) is 19.1 Å². The van der Waals surface area contributed by atoms with E-state index in [1.807, 2.05) is 0 Å². The van der Waals surface area contributed by atoms with E-state index in [9.17, 15) is 0 Å². The molecule has 0 aliphatic carbocycles. The molecule has 1 aromatic heterocycles. The van der Waals surface area contributed by atoms with E-state index in [4.69, 9.17) is 17.8 Å². The van der Waals surface area contributed by atoms with E-state index in [-0.39, 0.29) is 0 Å².